The van der Waals surface area contributed by atoms with Gasteiger partial charge in [0.15, 0.2) is 0 Å². The zero-order valence-corrected chi connectivity index (χ0v) is 16.0. The van der Waals surface area contributed by atoms with E-state index in [-0.39, 0.29) is 11.9 Å². The van der Waals surface area contributed by atoms with Crippen LogP contribution in [-0.4, -0.2) is 20.9 Å². The normalized spacial score (nSPS) is 16.9. The number of hydrogen-bond acceptors (Lipinski definition) is 4. The van der Waals surface area contributed by atoms with Crippen LogP contribution < -0.4 is 0 Å². The van der Waals surface area contributed by atoms with Gasteiger partial charge in [0.1, 0.15) is 6.04 Å². The molecule has 2 aromatic carbocycles. The van der Waals surface area contributed by atoms with E-state index in [4.69, 9.17) is 16.1 Å². The molecule has 1 aliphatic heterocycles. The molecule has 5 nitrogen and oxygen atoms in total. The standard InChI is InChI=1S/C21H20ClN3O2/c1-13-3-4-14(2)17(11-13)20-23-21(27-24-20)18-9-10-19(26)25(18)12-15-5-7-16(22)8-6-15/h3-8,11,18H,9-10,12H2,1-2H3. The Kier molecular flexibility index (Phi) is 4.70. The largest absolute Gasteiger partial charge is 0.337 e. The first-order valence-electron chi connectivity index (χ1n) is 8.96. The summed E-state index contributed by atoms with van der Waals surface area (Å²) in [6.07, 6.45) is 1.17. The average molecular weight is 382 g/mol. The third-order valence-electron chi connectivity index (χ3n) is 4.96. The maximum absolute atomic E-state index is 12.4. The zero-order valence-electron chi connectivity index (χ0n) is 15.3. The highest BCUT2D eigenvalue weighted by Gasteiger charge is 2.36. The van der Waals surface area contributed by atoms with Crippen molar-refractivity contribution in [3.63, 3.8) is 0 Å². The number of rotatable bonds is 4. The fourth-order valence-corrected chi connectivity index (χ4v) is 3.56. The summed E-state index contributed by atoms with van der Waals surface area (Å²) in [7, 11) is 0. The van der Waals surface area contributed by atoms with Crippen LogP contribution in [-0.2, 0) is 11.3 Å². The minimum atomic E-state index is -0.195. The molecule has 3 aromatic rings. The van der Waals surface area contributed by atoms with E-state index in [1.807, 2.05) is 49.1 Å². The Morgan fingerprint density at radius 2 is 1.96 bits per heavy atom. The van der Waals surface area contributed by atoms with Gasteiger partial charge in [0.05, 0.1) is 0 Å². The Hall–Kier alpha value is -2.66. The summed E-state index contributed by atoms with van der Waals surface area (Å²) in [4.78, 5) is 18.8. The molecule has 1 unspecified atom stereocenters. The maximum atomic E-state index is 12.4. The van der Waals surface area contributed by atoms with Crippen molar-refractivity contribution in [1.82, 2.24) is 15.0 Å². The third kappa shape index (κ3) is 3.60. The van der Waals surface area contributed by atoms with E-state index >= 15 is 0 Å². The summed E-state index contributed by atoms with van der Waals surface area (Å²) < 4.78 is 5.56. The van der Waals surface area contributed by atoms with Crippen LogP contribution in [0.4, 0.5) is 0 Å². The molecule has 2 heterocycles. The molecule has 1 atom stereocenters. The second kappa shape index (κ2) is 7.16. The van der Waals surface area contributed by atoms with E-state index in [0.29, 0.717) is 36.1 Å². The van der Waals surface area contributed by atoms with Gasteiger partial charge >= 0.3 is 0 Å². The van der Waals surface area contributed by atoms with Crippen molar-refractivity contribution in [3.8, 4) is 11.4 Å². The van der Waals surface area contributed by atoms with E-state index < -0.39 is 0 Å². The van der Waals surface area contributed by atoms with E-state index in [1.54, 1.807) is 0 Å². The monoisotopic (exact) mass is 381 g/mol. The number of aromatic nitrogens is 2. The summed E-state index contributed by atoms with van der Waals surface area (Å²) in [5.41, 5.74) is 4.21. The van der Waals surface area contributed by atoms with Crippen LogP contribution in [0.2, 0.25) is 5.02 Å². The quantitative estimate of drug-likeness (QED) is 0.646. The number of likely N-dealkylation sites (tertiary alicyclic amines) is 1. The van der Waals surface area contributed by atoms with Crippen LogP contribution in [0.3, 0.4) is 0 Å². The van der Waals surface area contributed by atoms with E-state index in [1.165, 1.54) is 0 Å². The lowest BCUT2D eigenvalue weighted by molar-refractivity contribution is -0.129. The van der Waals surface area contributed by atoms with Crippen LogP contribution in [0.15, 0.2) is 47.0 Å². The van der Waals surface area contributed by atoms with Gasteiger partial charge in [-0.25, -0.2) is 0 Å². The molecule has 138 valence electrons. The first-order chi connectivity index (χ1) is 13.0. The van der Waals surface area contributed by atoms with Crippen molar-refractivity contribution in [2.24, 2.45) is 0 Å². The van der Waals surface area contributed by atoms with Crippen molar-refractivity contribution in [2.75, 3.05) is 0 Å². The van der Waals surface area contributed by atoms with Crippen LogP contribution in [0.1, 0.15) is 41.5 Å². The number of carbonyl (C=O) groups is 1. The van der Waals surface area contributed by atoms with E-state index in [9.17, 15) is 4.79 Å². The van der Waals surface area contributed by atoms with Gasteiger partial charge in [-0.15, -0.1) is 0 Å². The highest BCUT2D eigenvalue weighted by molar-refractivity contribution is 6.30. The Morgan fingerprint density at radius 3 is 2.74 bits per heavy atom. The second-order valence-corrected chi connectivity index (χ2v) is 7.41. The van der Waals surface area contributed by atoms with Gasteiger partial charge < -0.3 is 9.42 Å². The summed E-state index contributed by atoms with van der Waals surface area (Å²) in [6, 6.07) is 13.5. The van der Waals surface area contributed by atoms with Crippen molar-refractivity contribution in [3.05, 3.63) is 70.1 Å². The van der Waals surface area contributed by atoms with Gasteiger partial charge in [-0.2, -0.15) is 4.98 Å². The van der Waals surface area contributed by atoms with Gasteiger partial charge in [-0.3, -0.25) is 4.79 Å². The zero-order chi connectivity index (χ0) is 19.0. The predicted octanol–water partition coefficient (Wildman–Crippen LogP) is 4.87. The molecule has 0 N–H and O–H groups in total. The van der Waals surface area contributed by atoms with Crippen LogP contribution >= 0.6 is 11.6 Å². The molecule has 0 bridgehead atoms. The molecule has 0 aliphatic carbocycles. The minimum Gasteiger partial charge on any atom is -0.337 e. The Labute approximate surface area is 163 Å². The van der Waals surface area contributed by atoms with Gasteiger partial charge in [-0.1, -0.05) is 46.6 Å². The van der Waals surface area contributed by atoms with Gasteiger partial charge in [0.25, 0.3) is 0 Å². The fourth-order valence-electron chi connectivity index (χ4n) is 3.43. The first kappa shape index (κ1) is 17.7. The number of aryl methyl sites for hydroxylation is 2. The number of nitrogens with zero attached hydrogens (tertiary/aromatic N) is 3. The van der Waals surface area contributed by atoms with Gasteiger partial charge in [0.2, 0.25) is 17.6 Å². The van der Waals surface area contributed by atoms with Crippen LogP contribution in [0.5, 0.6) is 0 Å². The SMILES string of the molecule is Cc1ccc(C)c(-c2noc(C3CCC(=O)N3Cc3ccc(Cl)cc3)n2)c1. The molecule has 1 aliphatic rings. The van der Waals surface area contributed by atoms with E-state index in [2.05, 4.69) is 22.3 Å². The lowest BCUT2D eigenvalue weighted by Gasteiger charge is -2.22. The fraction of sp³-hybridized carbons (Fsp3) is 0.286. The number of benzene rings is 2. The molecule has 1 fully saturated rings. The molecule has 0 radical (unpaired) electrons. The summed E-state index contributed by atoms with van der Waals surface area (Å²) in [5.74, 6) is 1.16. The first-order valence-corrected chi connectivity index (χ1v) is 9.34. The molecule has 0 spiro atoms. The molecule has 1 amide bonds. The molecule has 0 saturated carbocycles. The topological polar surface area (TPSA) is 59.2 Å². The summed E-state index contributed by atoms with van der Waals surface area (Å²) in [5, 5.41) is 4.85. The molecule has 1 saturated heterocycles. The number of carbonyl (C=O) groups excluding carboxylic acids is 1. The Bertz CT molecular complexity index is 981. The lowest BCUT2D eigenvalue weighted by Crippen LogP contribution is -2.27. The average Bonchev–Trinajstić information content (AvgIpc) is 3.26. The number of hydrogen-bond donors (Lipinski definition) is 0. The smallest absolute Gasteiger partial charge is 0.249 e. The minimum absolute atomic E-state index is 0.0986. The second-order valence-electron chi connectivity index (χ2n) is 6.98. The molecule has 4 rings (SSSR count). The molecule has 6 heteroatoms. The maximum Gasteiger partial charge on any atom is 0.249 e. The highest BCUT2D eigenvalue weighted by atomic mass is 35.5. The lowest BCUT2D eigenvalue weighted by atomic mass is 10.1. The number of amides is 1. The van der Waals surface area contributed by atoms with Crippen molar-refractivity contribution in [2.45, 2.75) is 39.3 Å². The van der Waals surface area contributed by atoms with Gasteiger partial charge in [-0.05, 0) is 49.6 Å². The summed E-state index contributed by atoms with van der Waals surface area (Å²) >= 11 is 5.95. The number of halogens is 1. The predicted molar refractivity (Wildman–Crippen MR) is 103 cm³/mol. The molecular formula is C21H20ClN3O2. The third-order valence-corrected chi connectivity index (χ3v) is 5.21. The van der Waals surface area contributed by atoms with Crippen molar-refractivity contribution >= 4 is 17.5 Å². The van der Waals surface area contributed by atoms with Crippen LogP contribution in [0, 0.1) is 13.8 Å². The molecule has 1 aromatic heterocycles. The van der Waals surface area contributed by atoms with Crippen molar-refractivity contribution in [1.29, 1.82) is 0 Å². The van der Waals surface area contributed by atoms with E-state index in [0.717, 1.165) is 22.3 Å². The van der Waals surface area contributed by atoms with Crippen molar-refractivity contribution < 1.29 is 9.32 Å². The van der Waals surface area contributed by atoms with Gasteiger partial charge in [0, 0.05) is 23.6 Å². The van der Waals surface area contributed by atoms with Crippen LogP contribution in [0.25, 0.3) is 11.4 Å². The summed E-state index contributed by atoms with van der Waals surface area (Å²) in [6.45, 7) is 4.56. The Balaban J connectivity index is 1.60. The molecule has 27 heavy (non-hydrogen) atoms. The molecular weight excluding hydrogens is 362 g/mol. The Morgan fingerprint density at radius 1 is 1.19 bits per heavy atom. The highest BCUT2D eigenvalue weighted by Crippen LogP contribution is 2.34.